The van der Waals surface area contributed by atoms with Gasteiger partial charge < -0.3 is 14.6 Å². The fourth-order valence-electron chi connectivity index (χ4n) is 3.46. The van der Waals surface area contributed by atoms with Gasteiger partial charge >= 0.3 is 12.1 Å². The highest BCUT2D eigenvalue weighted by atomic mass is 16.6. The first kappa shape index (κ1) is 20.6. The largest absolute Gasteiger partial charge is 0.443 e. The lowest BCUT2D eigenvalue weighted by Gasteiger charge is -2.20. The Morgan fingerprint density at radius 3 is 2.58 bits per heavy atom. The highest BCUT2D eigenvalue weighted by Crippen LogP contribution is 2.34. The van der Waals surface area contributed by atoms with Crippen molar-refractivity contribution in [3.8, 4) is 17.1 Å². The van der Waals surface area contributed by atoms with E-state index in [1.165, 1.54) is 11.5 Å². The van der Waals surface area contributed by atoms with Gasteiger partial charge in [-0.2, -0.15) is 5.10 Å². The highest BCUT2D eigenvalue weighted by Gasteiger charge is 2.25. The Bertz CT molecular complexity index is 1310. The summed E-state index contributed by atoms with van der Waals surface area (Å²) in [6, 6.07) is 12.3. The van der Waals surface area contributed by atoms with Crippen LogP contribution in [0.5, 0.6) is 5.75 Å². The van der Waals surface area contributed by atoms with E-state index in [-0.39, 0.29) is 6.61 Å². The minimum atomic E-state index is -0.688. The molecule has 0 spiro atoms. The molecule has 0 saturated heterocycles. The number of nitrogens with one attached hydrogen (secondary N) is 1. The first-order valence-corrected chi connectivity index (χ1v) is 9.82. The van der Waals surface area contributed by atoms with Crippen LogP contribution < -0.4 is 4.74 Å². The van der Waals surface area contributed by atoms with Crippen molar-refractivity contribution in [2.45, 2.75) is 39.9 Å². The lowest BCUT2D eigenvalue weighted by atomic mass is 10.1. The fourth-order valence-corrected chi connectivity index (χ4v) is 3.46. The Kier molecular flexibility index (Phi) is 5.02. The predicted molar refractivity (Wildman–Crippen MR) is 116 cm³/mol. The van der Waals surface area contributed by atoms with Crippen LogP contribution in [0.3, 0.4) is 0 Å². The molecule has 0 aliphatic heterocycles. The lowest BCUT2D eigenvalue weighted by Crippen LogP contribution is -2.27. The van der Waals surface area contributed by atoms with Gasteiger partial charge in [0.2, 0.25) is 0 Å². The van der Waals surface area contributed by atoms with Crippen molar-refractivity contribution >= 4 is 33.9 Å². The molecule has 160 valence electrons. The Morgan fingerprint density at radius 1 is 1.13 bits per heavy atom. The standard InChI is InChI=1S/C23H23N3O5/c1-13(28)30-16-6-7-18-17(11-16)21(25-24-18)20-10-15-9-14(12-27)5-8-19(15)26(20)22(29)31-23(2,3)4/h5-11,27H,12H2,1-4H3,(H,24,25). The van der Waals surface area contributed by atoms with Crippen LogP contribution in [0.15, 0.2) is 42.5 Å². The van der Waals surface area contributed by atoms with Crippen molar-refractivity contribution in [2.75, 3.05) is 0 Å². The third kappa shape index (κ3) is 4.02. The number of nitrogens with zero attached hydrogens (tertiary/aromatic N) is 2. The number of H-pyrrole nitrogens is 1. The topological polar surface area (TPSA) is 106 Å². The molecule has 0 saturated carbocycles. The quantitative estimate of drug-likeness (QED) is 0.375. The number of hydrogen-bond donors (Lipinski definition) is 2. The van der Waals surface area contributed by atoms with Crippen LogP contribution >= 0.6 is 0 Å². The van der Waals surface area contributed by atoms with Crippen molar-refractivity contribution in [3.05, 3.63) is 48.0 Å². The van der Waals surface area contributed by atoms with E-state index in [9.17, 15) is 14.7 Å². The summed E-state index contributed by atoms with van der Waals surface area (Å²) in [6.07, 6.45) is -0.540. The maximum absolute atomic E-state index is 13.1. The van der Waals surface area contributed by atoms with Gasteiger partial charge in [-0.1, -0.05) is 6.07 Å². The van der Waals surface area contributed by atoms with E-state index in [0.29, 0.717) is 28.0 Å². The Balaban J connectivity index is 1.95. The molecule has 2 N–H and O–H groups in total. The van der Waals surface area contributed by atoms with Gasteiger partial charge in [0.05, 0.1) is 23.3 Å². The van der Waals surface area contributed by atoms with Crippen LogP contribution in [0, 0.1) is 0 Å². The summed E-state index contributed by atoms with van der Waals surface area (Å²) < 4.78 is 12.3. The first-order chi connectivity index (χ1) is 14.7. The summed E-state index contributed by atoms with van der Waals surface area (Å²) >= 11 is 0. The van der Waals surface area contributed by atoms with Gasteiger partial charge in [-0.3, -0.25) is 9.89 Å². The average molecular weight is 421 g/mol. The van der Waals surface area contributed by atoms with Crippen LogP contribution in [0.2, 0.25) is 0 Å². The van der Waals surface area contributed by atoms with E-state index in [0.717, 1.165) is 16.5 Å². The molecule has 2 aromatic carbocycles. The van der Waals surface area contributed by atoms with Crippen molar-refractivity contribution in [3.63, 3.8) is 0 Å². The van der Waals surface area contributed by atoms with E-state index in [1.54, 1.807) is 51.1 Å². The Hall–Kier alpha value is -3.65. The second-order valence-electron chi connectivity index (χ2n) is 8.27. The third-order valence-electron chi connectivity index (χ3n) is 4.66. The number of benzene rings is 2. The smallest absolute Gasteiger partial charge is 0.419 e. The number of hydrogen-bond acceptors (Lipinski definition) is 6. The van der Waals surface area contributed by atoms with E-state index in [2.05, 4.69) is 10.2 Å². The molecular weight excluding hydrogens is 398 g/mol. The van der Waals surface area contributed by atoms with Gasteiger partial charge in [0.15, 0.2) is 0 Å². The summed E-state index contributed by atoms with van der Waals surface area (Å²) in [7, 11) is 0. The molecule has 0 aliphatic carbocycles. The zero-order valence-electron chi connectivity index (χ0n) is 17.7. The van der Waals surface area contributed by atoms with Crippen molar-refractivity contribution < 1.29 is 24.2 Å². The van der Waals surface area contributed by atoms with Gasteiger partial charge in [-0.25, -0.2) is 9.36 Å². The monoisotopic (exact) mass is 421 g/mol. The van der Waals surface area contributed by atoms with E-state index in [4.69, 9.17) is 9.47 Å². The number of ether oxygens (including phenoxy) is 2. The summed E-state index contributed by atoms with van der Waals surface area (Å²) in [5.74, 6) is -0.0473. The third-order valence-corrected chi connectivity index (χ3v) is 4.66. The zero-order valence-corrected chi connectivity index (χ0v) is 17.7. The van der Waals surface area contributed by atoms with Crippen molar-refractivity contribution in [1.82, 2.24) is 14.8 Å². The van der Waals surface area contributed by atoms with Crippen molar-refractivity contribution in [2.24, 2.45) is 0 Å². The highest BCUT2D eigenvalue weighted by molar-refractivity contribution is 6.01. The number of aromatic nitrogens is 3. The number of esters is 1. The minimum Gasteiger partial charge on any atom is -0.443 e. The second kappa shape index (κ2) is 7.55. The molecule has 0 unspecified atom stereocenters. The number of aliphatic hydroxyl groups is 1. The maximum Gasteiger partial charge on any atom is 0.419 e. The Morgan fingerprint density at radius 2 is 1.90 bits per heavy atom. The zero-order chi connectivity index (χ0) is 22.3. The molecule has 2 aromatic heterocycles. The Labute approximate surface area is 178 Å². The van der Waals surface area contributed by atoms with Crippen LogP contribution in [0.25, 0.3) is 33.2 Å². The SMILES string of the molecule is CC(=O)Oc1ccc2[nH]nc(-c3cc4cc(CO)ccc4n3C(=O)OC(C)(C)C)c2c1. The average Bonchev–Trinajstić information content (AvgIpc) is 3.26. The molecule has 0 atom stereocenters. The molecular formula is C23H23N3O5. The second-order valence-corrected chi connectivity index (χ2v) is 8.27. The lowest BCUT2D eigenvalue weighted by molar-refractivity contribution is -0.131. The summed E-state index contributed by atoms with van der Waals surface area (Å²) in [6.45, 7) is 6.62. The number of aliphatic hydroxyl groups excluding tert-OH is 1. The number of carbonyl (C=O) groups excluding carboxylic acids is 2. The van der Waals surface area contributed by atoms with Gasteiger partial charge in [-0.15, -0.1) is 0 Å². The van der Waals surface area contributed by atoms with Gasteiger partial charge in [0, 0.05) is 17.7 Å². The van der Waals surface area contributed by atoms with Crippen LogP contribution in [-0.4, -0.2) is 37.5 Å². The first-order valence-electron chi connectivity index (χ1n) is 9.82. The molecule has 4 rings (SSSR count). The number of rotatable bonds is 3. The molecule has 31 heavy (non-hydrogen) atoms. The van der Waals surface area contributed by atoms with Crippen LogP contribution in [0.1, 0.15) is 33.3 Å². The summed E-state index contributed by atoms with van der Waals surface area (Å²) in [4.78, 5) is 24.5. The van der Waals surface area contributed by atoms with Gasteiger partial charge in [0.1, 0.15) is 17.0 Å². The molecule has 8 heteroatoms. The minimum absolute atomic E-state index is 0.111. The van der Waals surface area contributed by atoms with Gasteiger partial charge in [0.25, 0.3) is 0 Å². The normalized spacial score (nSPS) is 11.8. The van der Waals surface area contributed by atoms with Gasteiger partial charge in [-0.05, 0) is 62.7 Å². The van der Waals surface area contributed by atoms with E-state index in [1.807, 2.05) is 12.1 Å². The predicted octanol–water partition coefficient (Wildman–Crippen LogP) is 4.39. The van der Waals surface area contributed by atoms with Crippen LogP contribution in [0.4, 0.5) is 4.79 Å². The molecule has 0 radical (unpaired) electrons. The number of fused-ring (bicyclic) bond motifs is 2. The molecule has 4 aromatic rings. The summed E-state index contributed by atoms with van der Waals surface area (Å²) in [5.41, 5.74) is 2.43. The fraction of sp³-hybridized carbons (Fsp3) is 0.261. The molecule has 0 bridgehead atoms. The number of aromatic amines is 1. The maximum atomic E-state index is 13.1. The van der Waals surface area contributed by atoms with Crippen molar-refractivity contribution in [1.29, 1.82) is 0 Å². The molecule has 8 nitrogen and oxygen atoms in total. The molecule has 2 heterocycles. The molecule has 0 aliphatic rings. The number of carbonyl (C=O) groups is 2. The molecule has 0 amide bonds. The van der Waals surface area contributed by atoms with Crippen LogP contribution in [-0.2, 0) is 16.1 Å². The van der Waals surface area contributed by atoms with E-state index >= 15 is 0 Å². The van der Waals surface area contributed by atoms with E-state index < -0.39 is 17.7 Å². The molecule has 0 fully saturated rings. The summed E-state index contributed by atoms with van der Waals surface area (Å²) in [5, 5.41) is 18.3.